The van der Waals surface area contributed by atoms with Gasteiger partial charge in [-0.25, -0.2) is 13.2 Å². The van der Waals surface area contributed by atoms with Gasteiger partial charge in [-0.15, -0.1) is 0 Å². The third kappa shape index (κ3) is 4.73. The van der Waals surface area contributed by atoms with E-state index in [1.54, 1.807) is 76.2 Å². The molecule has 10 heteroatoms. The molecule has 1 heterocycles. The molecule has 1 aromatic heterocycles. The molecule has 0 aliphatic heterocycles. The summed E-state index contributed by atoms with van der Waals surface area (Å²) in [7, 11) is -3.49. The highest BCUT2D eigenvalue weighted by Crippen LogP contribution is 2.40. The average molecular weight is 478 g/mol. The maximum absolute atomic E-state index is 12.3. The van der Waals surface area contributed by atoms with Crippen molar-refractivity contribution in [3.63, 3.8) is 0 Å². The van der Waals surface area contributed by atoms with E-state index in [0.29, 0.717) is 33.2 Å². The van der Waals surface area contributed by atoms with E-state index in [2.05, 4.69) is 9.88 Å². The molecule has 1 unspecified atom stereocenters. The maximum Gasteiger partial charge on any atom is 0.412 e. The zero-order valence-electron chi connectivity index (χ0n) is 18.0. The summed E-state index contributed by atoms with van der Waals surface area (Å²) in [5.74, 6) is 0.252. The Morgan fingerprint density at radius 1 is 1.12 bits per heavy atom. The number of aromatic nitrogens is 1. The molecule has 3 aromatic rings. The Kier molecular flexibility index (Phi) is 6.80. The molecule has 2 aromatic carbocycles. The second kappa shape index (κ2) is 9.22. The van der Waals surface area contributed by atoms with Crippen LogP contribution in [0.2, 0.25) is 5.02 Å². The molecule has 0 bridgehead atoms. The van der Waals surface area contributed by atoms with Gasteiger partial charge < -0.3 is 9.63 Å². The van der Waals surface area contributed by atoms with Crippen LogP contribution in [0.1, 0.15) is 38.1 Å². The molecule has 0 aliphatic carbocycles. The number of rotatable bonds is 7. The molecule has 0 fully saturated rings. The Morgan fingerprint density at radius 3 is 2.31 bits per heavy atom. The van der Waals surface area contributed by atoms with Gasteiger partial charge in [-0.2, -0.15) is 0 Å². The minimum atomic E-state index is -3.49. The fourth-order valence-corrected chi connectivity index (χ4v) is 4.21. The molecular formula is C22H24ClN3O5S. The summed E-state index contributed by atoms with van der Waals surface area (Å²) in [6, 6.07) is 12.9. The molecule has 1 atom stereocenters. The van der Waals surface area contributed by atoms with Crippen LogP contribution < -0.4 is 9.62 Å². The third-order valence-corrected chi connectivity index (χ3v) is 7.15. The van der Waals surface area contributed by atoms with Gasteiger partial charge in [0.05, 0.1) is 11.3 Å². The number of sulfonamides is 1. The van der Waals surface area contributed by atoms with Crippen molar-refractivity contribution in [3.8, 4) is 11.3 Å². The fraction of sp³-hybridized carbons (Fsp3) is 0.273. The first-order valence-electron chi connectivity index (χ1n) is 9.88. The van der Waals surface area contributed by atoms with Gasteiger partial charge in [0.25, 0.3) is 0 Å². The van der Waals surface area contributed by atoms with Gasteiger partial charge in [0, 0.05) is 16.3 Å². The van der Waals surface area contributed by atoms with Gasteiger partial charge in [0.15, 0.2) is 5.76 Å². The predicted molar refractivity (Wildman–Crippen MR) is 125 cm³/mol. The lowest BCUT2D eigenvalue weighted by molar-refractivity contribution is 0.199. The number of carboxylic acid groups (broad SMARTS) is 1. The van der Waals surface area contributed by atoms with Crippen LogP contribution in [0.25, 0.3) is 11.3 Å². The number of carbonyl (C=O) groups is 1. The highest BCUT2D eigenvalue weighted by atomic mass is 35.5. The van der Waals surface area contributed by atoms with Crippen LogP contribution in [-0.4, -0.2) is 30.0 Å². The van der Waals surface area contributed by atoms with Crippen molar-refractivity contribution in [3.05, 3.63) is 64.8 Å². The van der Waals surface area contributed by atoms with E-state index in [9.17, 15) is 18.3 Å². The van der Waals surface area contributed by atoms with Crippen LogP contribution >= 0.6 is 11.6 Å². The molecule has 0 aliphatic rings. The maximum atomic E-state index is 12.3. The molecule has 8 nitrogen and oxygen atoms in total. The lowest BCUT2D eigenvalue weighted by Gasteiger charge is -2.27. The van der Waals surface area contributed by atoms with Gasteiger partial charge in [-0.05, 0) is 63.6 Å². The average Bonchev–Trinajstić information content (AvgIpc) is 3.09. The number of amides is 1. The van der Waals surface area contributed by atoms with Crippen LogP contribution in [0.3, 0.4) is 0 Å². The van der Waals surface area contributed by atoms with Crippen molar-refractivity contribution in [1.82, 2.24) is 5.16 Å². The lowest BCUT2D eigenvalue weighted by atomic mass is 10.0. The topological polar surface area (TPSA) is 113 Å². The van der Waals surface area contributed by atoms with E-state index in [-0.39, 0.29) is 5.76 Å². The monoisotopic (exact) mass is 477 g/mol. The van der Waals surface area contributed by atoms with Crippen LogP contribution in [-0.2, 0) is 10.0 Å². The Morgan fingerprint density at radius 2 is 1.75 bits per heavy atom. The van der Waals surface area contributed by atoms with Crippen LogP contribution in [0.15, 0.2) is 53.1 Å². The van der Waals surface area contributed by atoms with Gasteiger partial charge in [-0.1, -0.05) is 35.0 Å². The summed E-state index contributed by atoms with van der Waals surface area (Å²) in [5, 5.41) is 13.9. The summed E-state index contributed by atoms with van der Waals surface area (Å²) in [5.41, 5.74) is 2.26. The number of hydrogen-bond donors (Lipinski definition) is 2. The SMILES string of the molecule is Cc1noc(-c2ccc(NS(=O)(=O)C(C)C)cc2)c1N(C(=O)O)C(C)c1ccccc1Cl. The Bertz CT molecular complexity index is 1220. The summed E-state index contributed by atoms with van der Waals surface area (Å²) in [6.45, 7) is 6.56. The second-order valence-electron chi connectivity index (χ2n) is 7.57. The van der Waals surface area contributed by atoms with E-state index in [0.717, 1.165) is 4.90 Å². The first-order valence-corrected chi connectivity index (χ1v) is 11.8. The number of aryl methyl sites for hydroxylation is 1. The molecule has 3 rings (SSSR count). The Labute approximate surface area is 191 Å². The number of anilines is 2. The first kappa shape index (κ1) is 23.6. The molecule has 0 saturated carbocycles. The molecule has 0 saturated heterocycles. The fourth-order valence-electron chi connectivity index (χ4n) is 3.22. The van der Waals surface area contributed by atoms with Crippen LogP contribution in [0.4, 0.5) is 16.2 Å². The number of nitrogens with one attached hydrogen (secondary N) is 1. The minimum Gasteiger partial charge on any atom is -0.465 e. The van der Waals surface area contributed by atoms with Gasteiger partial charge in [0.1, 0.15) is 11.4 Å². The number of halogens is 1. The third-order valence-electron chi connectivity index (χ3n) is 5.05. The summed E-state index contributed by atoms with van der Waals surface area (Å²) in [4.78, 5) is 13.4. The largest absolute Gasteiger partial charge is 0.465 e. The van der Waals surface area contributed by atoms with Crippen molar-refractivity contribution in [2.45, 2.75) is 39.0 Å². The normalized spacial score (nSPS) is 12.6. The molecule has 0 radical (unpaired) electrons. The predicted octanol–water partition coefficient (Wildman–Crippen LogP) is 5.70. The van der Waals surface area contributed by atoms with E-state index >= 15 is 0 Å². The quantitative estimate of drug-likeness (QED) is 0.451. The minimum absolute atomic E-state index is 0.252. The van der Waals surface area contributed by atoms with E-state index in [1.165, 1.54) is 0 Å². The lowest BCUT2D eigenvalue weighted by Crippen LogP contribution is -2.33. The second-order valence-corrected chi connectivity index (χ2v) is 10.2. The van der Waals surface area contributed by atoms with E-state index < -0.39 is 27.4 Å². The number of nitrogens with zero attached hydrogens (tertiary/aromatic N) is 2. The van der Waals surface area contributed by atoms with Crippen molar-refractivity contribution in [1.29, 1.82) is 0 Å². The zero-order chi connectivity index (χ0) is 23.6. The summed E-state index contributed by atoms with van der Waals surface area (Å²) < 4.78 is 32.2. The van der Waals surface area contributed by atoms with Gasteiger partial charge >= 0.3 is 6.09 Å². The van der Waals surface area contributed by atoms with Crippen LogP contribution in [0, 0.1) is 6.92 Å². The van der Waals surface area contributed by atoms with Crippen molar-refractivity contribution >= 4 is 39.1 Å². The molecule has 1 amide bonds. The van der Waals surface area contributed by atoms with Crippen molar-refractivity contribution in [2.24, 2.45) is 0 Å². The van der Waals surface area contributed by atoms with Gasteiger partial charge in [0.2, 0.25) is 10.0 Å². The number of benzene rings is 2. The molecule has 32 heavy (non-hydrogen) atoms. The highest BCUT2D eigenvalue weighted by Gasteiger charge is 2.31. The Balaban J connectivity index is 2.01. The van der Waals surface area contributed by atoms with Gasteiger partial charge in [-0.3, -0.25) is 9.62 Å². The smallest absolute Gasteiger partial charge is 0.412 e. The molecule has 170 valence electrons. The first-order chi connectivity index (χ1) is 15.0. The van der Waals surface area contributed by atoms with Crippen molar-refractivity contribution < 1.29 is 22.8 Å². The molecule has 2 N–H and O–H groups in total. The molecule has 0 spiro atoms. The van der Waals surface area contributed by atoms with Crippen LogP contribution in [0.5, 0.6) is 0 Å². The van der Waals surface area contributed by atoms with Crippen molar-refractivity contribution in [2.75, 3.05) is 9.62 Å². The highest BCUT2D eigenvalue weighted by molar-refractivity contribution is 7.93. The standard InChI is InChI=1S/C22H24ClN3O5S/c1-13(2)32(29,30)25-17-11-9-16(10-12-17)21-20(14(3)24-31-21)26(22(27)28)15(4)18-7-5-6-8-19(18)23/h5-13,15,25H,1-4H3,(H,27,28). The summed E-state index contributed by atoms with van der Waals surface area (Å²) in [6.07, 6.45) is -1.19. The molecular weight excluding hydrogens is 454 g/mol. The van der Waals surface area contributed by atoms with E-state index in [1.807, 2.05) is 0 Å². The Hall–Kier alpha value is -3.04. The van der Waals surface area contributed by atoms with E-state index in [4.69, 9.17) is 16.1 Å². The zero-order valence-corrected chi connectivity index (χ0v) is 19.6. The number of hydrogen-bond acceptors (Lipinski definition) is 5. The summed E-state index contributed by atoms with van der Waals surface area (Å²) >= 11 is 6.30.